The molecule has 0 saturated heterocycles. The summed E-state index contributed by atoms with van der Waals surface area (Å²) in [5.74, 6) is 0.702. The van der Waals surface area contributed by atoms with Crippen molar-refractivity contribution in [1.82, 2.24) is 20.3 Å². The van der Waals surface area contributed by atoms with Crippen molar-refractivity contribution in [3.05, 3.63) is 24.5 Å². The molecule has 7 nitrogen and oxygen atoms in total. The maximum atomic E-state index is 11.9. The van der Waals surface area contributed by atoms with E-state index in [9.17, 15) is 8.42 Å². The number of rotatable bonds is 6. The van der Waals surface area contributed by atoms with Gasteiger partial charge in [0.2, 0.25) is 10.0 Å². The number of nitrogens with zero attached hydrogens (tertiary/aromatic N) is 2. The van der Waals surface area contributed by atoms with Crippen LogP contribution < -0.4 is 15.4 Å². The van der Waals surface area contributed by atoms with E-state index in [4.69, 9.17) is 0 Å². The molecule has 1 heterocycles. The van der Waals surface area contributed by atoms with E-state index in [-0.39, 0.29) is 11.4 Å². The molecular formula is C12H19N5O2S. The summed E-state index contributed by atoms with van der Waals surface area (Å²) in [6.45, 7) is 0.745. The largest absolute Gasteiger partial charge is 0.355 e. The van der Waals surface area contributed by atoms with Crippen molar-refractivity contribution in [3.8, 4) is 0 Å². The molecule has 0 aromatic carbocycles. The first-order chi connectivity index (χ1) is 9.62. The molecule has 0 unspecified atom stereocenters. The van der Waals surface area contributed by atoms with Crippen LogP contribution in [0.3, 0.4) is 0 Å². The lowest BCUT2D eigenvalue weighted by Crippen LogP contribution is -2.42. The summed E-state index contributed by atoms with van der Waals surface area (Å²) >= 11 is 0. The third-order valence-electron chi connectivity index (χ3n) is 2.80. The number of aliphatic imine (C=N–C) groups is 1. The second kappa shape index (κ2) is 6.67. The lowest BCUT2D eigenvalue weighted by Gasteiger charge is -2.11. The van der Waals surface area contributed by atoms with E-state index in [0.717, 1.165) is 12.8 Å². The van der Waals surface area contributed by atoms with Gasteiger partial charge in [-0.05, 0) is 25.0 Å². The van der Waals surface area contributed by atoms with E-state index in [1.165, 1.54) is 18.5 Å². The second-order valence-corrected chi connectivity index (χ2v) is 6.27. The van der Waals surface area contributed by atoms with Crippen molar-refractivity contribution in [2.24, 2.45) is 4.99 Å². The fraction of sp³-hybridized carbons (Fsp3) is 0.500. The highest BCUT2D eigenvalue weighted by Gasteiger charge is 2.22. The first-order valence-electron chi connectivity index (χ1n) is 6.49. The Hall–Kier alpha value is -1.67. The molecule has 0 radical (unpaired) electrons. The van der Waals surface area contributed by atoms with Gasteiger partial charge < -0.3 is 10.6 Å². The lowest BCUT2D eigenvalue weighted by molar-refractivity contribution is 0.580. The molecule has 1 aromatic rings. The summed E-state index contributed by atoms with van der Waals surface area (Å²) in [5, 5.41) is 6.28. The molecule has 1 saturated carbocycles. The zero-order chi connectivity index (χ0) is 14.4. The predicted octanol–water partition coefficient (Wildman–Crippen LogP) is -0.313. The molecule has 20 heavy (non-hydrogen) atoms. The van der Waals surface area contributed by atoms with Gasteiger partial charge in [0.15, 0.2) is 5.96 Å². The molecule has 110 valence electrons. The molecule has 1 aliphatic rings. The zero-order valence-electron chi connectivity index (χ0n) is 11.3. The minimum Gasteiger partial charge on any atom is -0.355 e. The Morgan fingerprint density at radius 3 is 2.85 bits per heavy atom. The Morgan fingerprint density at radius 2 is 2.25 bits per heavy atom. The van der Waals surface area contributed by atoms with Crippen molar-refractivity contribution in [1.29, 1.82) is 0 Å². The third-order valence-corrected chi connectivity index (χ3v) is 4.24. The fourth-order valence-corrected chi connectivity index (χ4v) is 2.57. The van der Waals surface area contributed by atoms with Gasteiger partial charge in [0.25, 0.3) is 0 Å². The van der Waals surface area contributed by atoms with Gasteiger partial charge in [0.1, 0.15) is 4.90 Å². The summed E-state index contributed by atoms with van der Waals surface area (Å²) in [5.41, 5.74) is 0. The van der Waals surface area contributed by atoms with Gasteiger partial charge in [-0.1, -0.05) is 0 Å². The summed E-state index contributed by atoms with van der Waals surface area (Å²) in [4.78, 5) is 8.03. The quantitative estimate of drug-likeness (QED) is 0.380. The highest BCUT2D eigenvalue weighted by Crippen LogP contribution is 2.18. The molecule has 1 fully saturated rings. The summed E-state index contributed by atoms with van der Waals surface area (Å²) < 4.78 is 26.3. The smallest absolute Gasteiger partial charge is 0.242 e. The van der Waals surface area contributed by atoms with E-state index in [2.05, 4.69) is 25.3 Å². The molecule has 1 aromatic heterocycles. The van der Waals surface area contributed by atoms with E-state index < -0.39 is 10.0 Å². The molecular weight excluding hydrogens is 278 g/mol. The normalized spacial score (nSPS) is 15.9. The Kier molecular flexibility index (Phi) is 4.91. The summed E-state index contributed by atoms with van der Waals surface area (Å²) in [7, 11) is -1.80. The van der Waals surface area contributed by atoms with Crippen LogP contribution in [0, 0.1) is 0 Å². The van der Waals surface area contributed by atoms with E-state index in [0.29, 0.717) is 18.5 Å². The summed E-state index contributed by atoms with van der Waals surface area (Å²) in [6, 6.07) is 3.61. The van der Waals surface area contributed by atoms with Gasteiger partial charge >= 0.3 is 0 Å². The number of pyridine rings is 1. The third kappa shape index (κ3) is 4.46. The maximum Gasteiger partial charge on any atom is 0.242 e. The van der Waals surface area contributed by atoms with Crippen LogP contribution in [0.4, 0.5) is 0 Å². The van der Waals surface area contributed by atoms with Crippen LogP contribution in [0.1, 0.15) is 12.8 Å². The van der Waals surface area contributed by atoms with Crippen molar-refractivity contribution < 1.29 is 8.42 Å². The van der Waals surface area contributed by atoms with Crippen LogP contribution in [0.25, 0.3) is 0 Å². The molecule has 0 aliphatic heterocycles. The number of guanidine groups is 1. The van der Waals surface area contributed by atoms with Gasteiger partial charge in [0, 0.05) is 38.6 Å². The Balaban J connectivity index is 1.75. The Bertz CT molecular complexity index is 554. The number of sulfonamides is 1. The van der Waals surface area contributed by atoms with Crippen LogP contribution in [0.5, 0.6) is 0 Å². The van der Waals surface area contributed by atoms with E-state index >= 15 is 0 Å². The van der Waals surface area contributed by atoms with Crippen molar-refractivity contribution in [3.63, 3.8) is 0 Å². The van der Waals surface area contributed by atoms with Gasteiger partial charge in [-0.15, -0.1) is 0 Å². The van der Waals surface area contributed by atoms with Gasteiger partial charge in [-0.25, -0.2) is 13.1 Å². The Labute approximate surface area is 119 Å². The molecule has 1 aliphatic carbocycles. The topological polar surface area (TPSA) is 95.5 Å². The van der Waals surface area contributed by atoms with Crippen LogP contribution in [-0.4, -0.2) is 45.5 Å². The predicted molar refractivity (Wildman–Crippen MR) is 76.9 cm³/mol. The van der Waals surface area contributed by atoms with Crippen LogP contribution >= 0.6 is 0 Å². The zero-order valence-corrected chi connectivity index (χ0v) is 12.2. The molecule has 0 spiro atoms. The molecule has 0 amide bonds. The van der Waals surface area contributed by atoms with E-state index in [1.807, 2.05) is 0 Å². The minimum absolute atomic E-state index is 0.167. The van der Waals surface area contributed by atoms with Crippen molar-refractivity contribution in [2.45, 2.75) is 23.8 Å². The highest BCUT2D eigenvalue weighted by molar-refractivity contribution is 7.89. The fourth-order valence-electron chi connectivity index (χ4n) is 1.57. The van der Waals surface area contributed by atoms with E-state index in [1.54, 1.807) is 13.1 Å². The molecule has 3 N–H and O–H groups in total. The SMILES string of the molecule is CN=C(NCCNS(=O)(=O)c1cccnc1)NC1CC1. The van der Waals surface area contributed by atoms with Crippen molar-refractivity contribution >= 4 is 16.0 Å². The number of hydrogen-bond donors (Lipinski definition) is 3. The number of nitrogens with one attached hydrogen (secondary N) is 3. The van der Waals surface area contributed by atoms with Crippen LogP contribution in [0.15, 0.2) is 34.4 Å². The monoisotopic (exact) mass is 297 g/mol. The van der Waals surface area contributed by atoms with Gasteiger partial charge in [-0.3, -0.25) is 9.98 Å². The van der Waals surface area contributed by atoms with Gasteiger partial charge in [0.05, 0.1) is 0 Å². The first-order valence-corrected chi connectivity index (χ1v) is 7.97. The van der Waals surface area contributed by atoms with Crippen LogP contribution in [-0.2, 0) is 10.0 Å². The summed E-state index contributed by atoms with van der Waals surface area (Å²) in [6.07, 6.45) is 5.18. The average Bonchev–Trinajstić information content (AvgIpc) is 3.27. The lowest BCUT2D eigenvalue weighted by atomic mass is 10.5. The minimum atomic E-state index is -3.49. The van der Waals surface area contributed by atoms with Gasteiger partial charge in [-0.2, -0.15) is 0 Å². The molecule has 8 heteroatoms. The average molecular weight is 297 g/mol. The highest BCUT2D eigenvalue weighted by atomic mass is 32.2. The molecule has 2 rings (SSSR count). The van der Waals surface area contributed by atoms with Crippen molar-refractivity contribution in [2.75, 3.05) is 20.1 Å². The number of aromatic nitrogens is 1. The maximum absolute atomic E-state index is 11.9. The standard InChI is InChI=1S/C12H19N5O2S/c1-13-12(17-10-4-5-10)15-7-8-16-20(18,19)11-3-2-6-14-9-11/h2-3,6,9-10,16H,4-5,7-8H2,1H3,(H2,13,15,17). The van der Waals surface area contributed by atoms with Crippen LogP contribution in [0.2, 0.25) is 0 Å². The second-order valence-electron chi connectivity index (χ2n) is 4.50. The Morgan fingerprint density at radius 1 is 1.45 bits per heavy atom. The first kappa shape index (κ1) is 14.7. The number of hydrogen-bond acceptors (Lipinski definition) is 4. The molecule has 0 atom stereocenters. The molecule has 0 bridgehead atoms.